The lowest BCUT2D eigenvalue weighted by atomic mass is 10.0. The Labute approximate surface area is 109 Å². The molecule has 2 aliphatic rings. The molecule has 1 aliphatic carbocycles. The summed E-state index contributed by atoms with van der Waals surface area (Å²) in [5.41, 5.74) is 0.727. The van der Waals surface area contributed by atoms with Crippen LogP contribution in [0.25, 0.3) is 0 Å². The molecule has 1 saturated carbocycles. The molecule has 0 spiro atoms. The van der Waals surface area contributed by atoms with Crippen LogP contribution < -0.4 is 0 Å². The molecule has 0 radical (unpaired) electrons. The lowest BCUT2D eigenvalue weighted by Gasteiger charge is -2.37. The van der Waals surface area contributed by atoms with Gasteiger partial charge in [-0.05, 0) is 12.8 Å². The summed E-state index contributed by atoms with van der Waals surface area (Å²) in [6, 6.07) is -0.251. The first-order valence-electron chi connectivity index (χ1n) is 6.21. The van der Waals surface area contributed by atoms with Crippen molar-refractivity contribution >= 4 is 11.9 Å². The van der Waals surface area contributed by atoms with E-state index in [-0.39, 0.29) is 12.5 Å². The Hall–Kier alpha value is -1.89. The lowest BCUT2D eigenvalue weighted by molar-refractivity contribution is -0.171. The normalized spacial score (nSPS) is 27.6. The van der Waals surface area contributed by atoms with Gasteiger partial charge in [-0.25, -0.2) is 9.78 Å². The maximum absolute atomic E-state index is 11.7. The van der Waals surface area contributed by atoms with Gasteiger partial charge in [0.1, 0.15) is 12.6 Å². The molecule has 2 unspecified atom stereocenters. The largest absolute Gasteiger partial charge is 0.479 e. The van der Waals surface area contributed by atoms with Crippen molar-refractivity contribution in [1.29, 1.82) is 0 Å². The van der Waals surface area contributed by atoms with Crippen LogP contribution in [0.15, 0.2) is 12.5 Å². The highest BCUT2D eigenvalue weighted by Gasteiger charge is 2.43. The number of hydrogen-bond donors (Lipinski definition) is 1. The second-order valence-electron chi connectivity index (χ2n) is 4.98. The number of morpholine rings is 1. The average molecular weight is 265 g/mol. The van der Waals surface area contributed by atoms with E-state index < -0.39 is 18.1 Å². The zero-order valence-corrected chi connectivity index (χ0v) is 10.5. The molecule has 7 heteroatoms. The second-order valence-corrected chi connectivity index (χ2v) is 4.98. The predicted octanol–water partition coefficient (Wildman–Crippen LogP) is 0.201. The highest BCUT2D eigenvalue weighted by atomic mass is 16.5. The molecule has 1 amide bonds. The summed E-state index contributed by atoms with van der Waals surface area (Å²) < 4.78 is 7.14. The summed E-state index contributed by atoms with van der Waals surface area (Å²) in [7, 11) is 1.61. The van der Waals surface area contributed by atoms with Crippen LogP contribution in [0.2, 0.25) is 0 Å². The Morgan fingerprint density at radius 1 is 1.53 bits per heavy atom. The molecule has 7 nitrogen and oxygen atoms in total. The summed E-state index contributed by atoms with van der Waals surface area (Å²) in [5.74, 6) is -1.28. The summed E-state index contributed by atoms with van der Waals surface area (Å²) in [5, 5.41) is 9.26. The molecule has 2 fully saturated rings. The van der Waals surface area contributed by atoms with Gasteiger partial charge < -0.3 is 19.3 Å². The van der Waals surface area contributed by atoms with Crippen molar-refractivity contribution in [3.63, 3.8) is 0 Å². The number of carbonyl (C=O) groups excluding carboxylic acids is 1. The SMILES string of the molecule is CN1C(=O)COC(C(=O)O)C1c1cncn1C1CC1. The molecule has 3 rings (SSSR count). The lowest BCUT2D eigenvalue weighted by Crippen LogP contribution is -2.50. The number of nitrogens with zero attached hydrogens (tertiary/aromatic N) is 3. The van der Waals surface area contributed by atoms with Crippen LogP contribution in [0.3, 0.4) is 0 Å². The van der Waals surface area contributed by atoms with Gasteiger partial charge in [-0.1, -0.05) is 0 Å². The summed E-state index contributed by atoms with van der Waals surface area (Å²) in [6.45, 7) is -0.193. The Morgan fingerprint density at radius 2 is 2.26 bits per heavy atom. The van der Waals surface area contributed by atoms with Crippen LogP contribution in [0, 0.1) is 0 Å². The standard InChI is InChI=1S/C12H15N3O4/c1-14-9(16)5-19-11(12(17)18)10(14)8-4-13-6-15(8)7-2-3-7/h4,6-7,10-11H,2-3,5H2,1H3,(H,17,18). The highest BCUT2D eigenvalue weighted by Crippen LogP contribution is 2.39. The highest BCUT2D eigenvalue weighted by molar-refractivity contribution is 5.82. The van der Waals surface area contributed by atoms with E-state index in [2.05, 4.69) is 4.98 Å². The van der Waals surface area contributed by atoms with E-state index in [9.17, 15) is 14.7 Å². The van der Waals surface area contributed by atoms with Gasteiger partial charge in [0.05, 0.1) is 18.2 Å². The molecule has 1 N–H and O–H groups in total. The monoisotopic (exact) mass is 265 g/mol. The van der Waals surface area contributed by atoms with Gasteiger partial charge in [-0.2, -0.15) is 0 Å². The maximum Gasteiger partial charge on any atom is 0.335 e. The van der Waals surface area contributed by atoms with Gasteiger partial charge in [0.25, 0.3) is 0 Å². The number of aromatic nitrogens is 2. The number of hydrogen-bond acceptors (Lipinski definition) is 4. The zero-order valence-electron chi connectivity index (χ0n) is 10.5. The van der Waals surface area contributed by atoms with Crippen LogP contribution in [-0.4, -0.2) is 51.2 Å². The second kappa shape index (κ2) is 4.34. The minimum absolute atomic E-state index is 0.193. The topological polar surface area (TPSA) is 84.7 Å². The van der Waals surface area contributed by atoms with Crippen LogP contribution in [-0.2, 0) is 14.3 Å². The number of amides is 1. The third kappa shape index (κ3) is 1.99. The fraction of sp³-hybridized carbons (Fsp3) is 0.583. The Balaban J connectivity index is 1.99. The van der Waals surface area contributed by atoms with Gasteiger partial charge in [0.2, 0.25) is 5.91 Å². The van der Waals surface area contributed by atoms with Gasteiger partial charge in [-0.15, -0.1) is 0 Å². The Morgan fingerprint density at radius 3 is 2.89 bits per heavy atom. The molecule has 1 aliphatic heterocycles. The van der Waals surface area contributed by atoms with E-state index in [4.69, 9.17) is 4.74 Å². The number of aliphatic carboxylic acids is 1. The Kier molecular flexibility index (Phi) is 2.78. The first-order chi connectivity index (χ1) is 9.09. The van der Waals surface area contributed by atoms with Crippen molar-refractivity contribution in [3.8, 4) is 0 Å². The fourth-order valence-electron chi connectivity index (χ4n) is 2.47. The number of ether oxygens (including phenoxy) is 1. The molecule has 0 aromatic carbocycles. The number of likely N-dealkylation sites (N-methyl/N-ethyl adjacent to an activating group) is 1. The molecule has 2 heterocycles. The average Bonchev–Trinajstić information content (AvgIpc) is 3.11. The molecule has 1 aromatic heterocycles. The van der Waals surface area contributed by atoms with Crippen molar-refractivity contribution in [3.05, 3.63) is 18.2 Å². The van der Waals surface area contributed by atoms with E-state index in [1.54, 1.807) is 19.6 Å². The van der Waals surface area contributed by atoms with Gasteiger partial charge in [0.15, 0.2) is 6.10 Å². The molecule has 102 valence electrons. The zero-order chi connectivity index (χ0) is 13.6. The molecular formula is C12H15N3O4. The minimum atomic E-state index is -1.06. The first kappa shape index (κ1) is 12.2. The van der Waals surface area contributed by atoms with Crippen molar-refractivity contribution in [2.75, 3.05) is 13.7 Å². The summed E-state index contributed by atoms with van der Waals surface area (Å²) in [4.78, 5) is 28.6. The number of imidazole rings is 1. The van der Waals surface area contributed by atoms with Crippen molar-refractivity contribution in [1.82, 2.24) is 14.5 Å². The number of carboxylic acids is 1. The van der Waals surface area contributed by atoms with E-state index in [1.807, 2.05) is 4.57 Å². The van der Waals surface area contributed by atoms with Gasteiger partial charge in [-0.3, -0.25) is 4.79 Å². The molecule has 19 heavy (non-hydrogen) atoms. The van der Waals surface area contributed by atoms with E-state index in [0.29, 0.717) is 6.04 Å². The van der Waals surface area contributed by atoms with Crippen LogP contribution in [0.5, 0.6) is 0 Å². The van der Waals surface area contributed by atoms with E-state index >= 15 is 0 Å². The van der Waals surface area contributed by atoms with Crippen molar-refractivity contribution < 1.29 is 19.4 Å². The van der Waals surface area contributed by atoms with E-state index in [0.717, 1.165) is 18.5 Å². The third-order valence-corrected chi connectivity index (χ3v) is 3.67. The van der Waals surface area contributed by atoms with Crippen LogP contribution in [0.4, 0.5) is 0 Å². The van der Waals surface area contributed by atoms with E-state index in [1.165, 1.54) is 4.90 Å². The molecule has 1 aromatic rings. The predicted molar refractivity (Wildman–Crippen MR) is 63.4 cm³/mol. The number of rotatable bonds is 3. The minimum Gasteiger partial charge on any atom is -0.479 e. The third-order valence-electron chi connectivity index (χ3n) is 3.67. The fourth-order valence-corrected chi connectivity index (χ4v) is 2.47. The molecule has 2 atom stereocenters. The smallest absolute Gasteiger partial charge is 0.335 e. The quantitative estimate of drug-likeness (QED) is 0.844. The van der Waals surface area contributed by atoms with Crippen molar-refractivity contribution in [2.24, 2.45) is 0 Å². The number of carboxylic acid groups (broad SMARTS) is 1. The number of carbonyl (C=O) groups is 2. The maximum atomic E-state index is 11.7. The van der Waals surface area contributed by atoms with Crippen LogP contribution >= 0.6 is 0 Å². The summed E-state index contributed by atoms with van der Waals surface area (Å²) >= 11 is 0. The summed E-state index contributed by atoms with van der Waals surface area (Å²) in [6.07, 6.45) is 4.39. The molecular weight excluding hydrogens is 250 g/mol. The Bertz CT molecular complexity index is 523. The molecule has 0 bridgehead atoms. The first-order valence-corrected chi connectivity index (χ1v) is 6.21. The van der Waals surface area contributed by atoms with Crippen LogP contribution in [0.1, 0.15) is 30.6 Å². The van der Waals surface area contributed by atoms with Gasteiger partial charge >= 0.3 is 5.97 Å². The van der Waals surface area contributed by atoms with Gasteiger partial charge in [0, 0.05) is 13.1 Å². The molecule has 1 saturated heterocycles. The van der Waals surface area contributed by atoms with Crippen molar-refractivity contribution in [2.45, 2.75) is 31.0 Å².